The third-order valence-electron chi connectivity index (χ3n) is 5.93. The van der Waals surface area contributed by atoms with Crippen molar-refractivity contribution < 1.29 is 19.3 Å². The van der Waals surface area contributed by atoms with Crippen molar-refractivity contribution in [3.63, 3.8) is 0 Å². The van der Waals surface area contributed by atoms with Crippen LogP contribution in [0.4, 0.5) is 0 Å². The Morgan fingerprint density at radius 2 is 1.72 bits per heavy atom. The Kier molecular flexibility index (Phi) is 6.70. The van der Waals surface area contributed by atoms with E-state index in [1.165, 1.54) is 21.6 Å². The van der Waals surface area contributed by atoms with Gasteiger partial charge in [0.1, 0.15) is 38.5 Å². The first-order valence-electron chi connectivity index (χ1n) is 10.6. The summed E-state index contributed by atoms with van der Waals surface area (Å²) in [5.41, 5.74) is 3.94. The van der Waals surface area contributed by atoms with Crippen LogP contribution in [0.2, 0.25) is 5.02 Å². The molecule has 1 saturated heterocycles. The number of quaternary nitrogens is 2. The number of halogens is 1. The van der Waals surface area contributed by atoms with Crippen LogP contribution >= 0.6 is 11.6 Å². The Balaban J connectivity index is 1.15. The number of hydrogen-bond donors (Lipinski definition) is 3. The molecule has 1 fully saturated rings. The monoisotopic (exact) mass is 415 g/mol. The first-order valence-corrected chi connectivity index (χ1v) is 11.0. The maximum Gasteiger partial charge on any atom is 0.275 e. The summed E-state index contributed by atoms with van der Waals surface area (Å²) >= 11 is 5.90. The fourth-order valence-corrected chi connectivity index (χ4v) is 4.36. The average molecular weight is 416 g/mol. The molecule has 0 spiro atoms. The molecule has 4 rings (SSSR count). The van der Waals surface area contributed by atoms with E-state index in [0.717, 1.165) is 62.9 Å². The minimum absolute atomic E-state index is 0.149. The number of hydrogen-bond acceptors (Lipinski definition) is 2. The molecule has 3 N–H and O–H groups in total. The van der Waals surface area contributed by atoms with Gasteiger partial charge in [-0.25, -0.2) is 0 Å². The van der Waals surface area contributed by atoms with E-state index in [4.69, 9.17) is 16.3 Å². The number of ether oxygens (including phenoxy) is 1. The van der Waals surface area contributed by atoms with Crippen LogP contribution in [0.1, 0.15) is 16.7 Å². The maximum absolute atomic E-state index is 12.3. The number of rotatable bonds is 7. The van der Waals surface area contributed by atoms with Crippen LogP contribution in [0.3, 0.4) is 0 Å². The molecule has 0 saturated carbocycles. The normalized spacial score (nSPS) is 20.7. The fourth-order valence-electron chi connectivity index (χ4n) is 4.24. The molecular formula is C23H30ClN3O2+2. The third kappa shape index (κ3) is 5.72. The van der Waals surface area contributed by atoms with Gasteiger partial charge in [-0.2, -0.15) is 0 Å². The van der Waals surface area contributed by atoms with Crippen LogP contribution in [-0.4, -0.2) is 51.8 Å². The van der Waals surface area contributed by atoms with E-state index in [2.05, 4.69) is 23.5 Å². The topological polar surface area (TPSA) is 47.2 Å². The first-order chi connectivity index (χ1) is 14.2. The highest BCUT2D eigenvalue weighted by atomic mass is 35.5. The lowest BCUT2D eigenvalue weighted by Gasteiger charge is -2.29. The zero-order valence-corrected chi connectivity index (χ0v) is 17.6. The summed E-state index contributed by atoms with van der Waals surface area (Å²) in [4.78, 5) is 15.3. The Labute approximate surface area is 177 Å². The molecule has 0 atom stereocenters. The lowest BCUT2D eigenvalue weighted by Crippen LogP contribution is -3.28. The van der Waals surface area contributed by atoms with Crippen LogP contribution in [0.5, 0.6) is 5.75 Å². The van der Waals surface area contributed by atoms with Crippen LogP contribution in [0.15, 0.2) is 42.5 Å². The Morgan fingerprint density at radius 3 is 2.52 bits per heavy atom. The number of nitrogens with one attached hydrogen (secondary N) is 3. The van der Waals surface area contributed by atoms with E-state index < -0.39 is 0 Å². The molecule has 1 amide bonds. The number of amides is 1. The second-order valence-corrected chi connectivity index (χ2v) is 8.56. The number of benzene rings is 2. The summed E-state index contributed by atoms with van der Waals surface area (Å²) in [6, 6.07) is 14.4. The predicted molar refractivity (Wildman–Crippen MR) is 114 cm³/mol. The summed E-state index contributed by atoms with van der Waals surface area (Å²) in [6.45, 7) is 7.45. The minimum Gasteiger partial charge on any atom is -0.493 e. The van der Waals surface area contributed by atoms with Gasteiger partial charge in [-0.15, -0.1) is 0 Å². The smallest absolute Gasteiger partial charge is 0.275 e. The van der Waals surface area contributed by atoms with Crippen LogP contribution in [-0.2, 0) is 24.2 Å². The molecule has 2 aromatic rings. The molecule has 2 heterocycles. The van der Waals surface area contributed by atoms with Gasteiger partial charge in [0.15, 0.2) is 6.54 Å². The van der Waals surface area contributed by atoms with Gasteiger partial charge in [-0.05, 0) is 47.9 Å². The van der Waals surface area contributed by atoms with E-state index in [1.54, 1.807) is 4.90 Å². The number of carbonyl (C=O) groups is 1. The van der Waals surface area contributed by atoms with E-state index in [9.17, 15) is 4.79 Å². The molecule has 29 heavy (non-hydrogen) atoms. The van der Waals surface area contributed by atoms with Gasteiger partial charge < -0.3 is 19.9 Å². The Morgan fingerprint density at radius 1 is 1.00 bits per heavy atom. The highest BCUT2D eigenvalue weighted by molar-refractivity contribution is 6.30. The van der Waals surface area contributed by atoms with Crippen molar-refractivity contribution in [2.24, 2.45) is 0 Å². The van der Waals surface area contributed by atoms with Gasteiger partial charge in [0.2, 0.25) is 0 Å². The van der Waals surface area contributed by atoms with Crippen molar-refractivity contribution in [1.29, 1.82) is 0 Å². The third-order valence-corrected chi connectivity index (χ3v) is 6.18. The molecule has 2 aliphatic heterocycles. The van der Waals surface area contributed by atoms with E-state index >= 15 is 0 Å². The molecule has 0 radical (unpaired) electrons. The number of carbonyl (C=O) groups excluding carboxylic acids is 1. The predicted octanol–water partition coefficient (Wildman–Crippen LogP) is -0.0828. The van der Waals surface area contributed by atoms with Crippen molar-refractivity contribution in [2.45, 2.75) is 19.4 Å². The van der Waals surface area contributed by atoms with E-state index in [-0.39, 0.29) is 5.91 Å². The van der Waals surface area contributed by atoms with Gasteiger partial charge in [0.25, 0.3) is 5.91 Å². The minimum atomic E-state index is 0.149. The zero-order valence-electron chi connectivity index (χ0n) is 16.8. The Bertz CT molecular complexity index is 833. The molecule has 0 unspecified atom stereocenters. The second-order valence-electron chi connectivity index (χ2n) is 8.12. The van der Waals surface area contributed by atoms with Gasteiger partial charge in [-0.3, -0.25) is 4.79 Å². The van der Waals surface area contributed by atoms with Crippen LogP contribution < -0.4 is 19.9 Å². The number of fused-ring (bicyclic) bond motifs is 1. The second kappa shape index (κ2) is 9.61. The standard InChI is InChI=1S/C23H28ClN3O2/c24-21-4-1-18(2-5-21)7-9-25-23(28)17-27-12-10-26(11-13-27)16-19-3-6-22-20(15-19)8-14-29-22/h1-6,15H,7-14,16-17H2,(H,25,28)/p+2. The molecule has 2 aromatic carbocycles. The maximum atomic E-state index is 12.3. The van der Waals surface area contributed by atoms with Gasteiger partial charge >= 0.3 is 0 Å². The lowest BCUT2D eigenvalue weighted by atomic mass is 10.1. The highest BCUT2D eigenvalue weighted by Crippen LogP contribution is 2.25. The molecule has 2 aliphatic rings. The largest absolute Gasteiger partial charge is 0.493 e. The molecule has 5 nitrogen and oxygen atoms in total. The SMILES string of the molecule is O=C(C[NH+]1CC[NH+](Cc2ccc3c(c2)CCO3)CC1)NCCc1ccc(Cl)cc1. The van der Waals surface area contributed by atoms with Crippen molar-refractivity contribution >= 4 is 17.5 Å². The van der Waals surface area contributed by atoms with Crippen molar-refractivity contribution in [1.82, 2.24) is 5.32 Å². The van der Waals surface area contributed by atoms with Crippen LogP contribution in [0.25, 0.3) is 0 Å². The van der Waals surface area contributed by atoms with Crippen molar-refractivity contribution in [3.05, 3.63) is 64.2 Å². The lowest BCUT2D eigenvalue weighted by molar-refractivity contribution is -1.02. The van der Waals surface area contributed by atoms with Gasteiger partial charge in [-0.1, -0.05) is 23.7 Å². The van der Waals surface area contributed by atoms with Crippen LogP contribution in [0, 0.1) is 0 Å². The van der Waals surface area contributed by atoms with Gasteiger partial charge in [0.05, 0.1) is 6.61 Å². The zero-order chi connectivity index (χ0) is 20.1. The Hall–Kier alpha value is -2.08. The molecule has 154 valence electrons. The molecule has 0 bridgehead atoms. The molecule has 0 aromatic heterocycles. The summed E-state index contributed by atoms with van der Waals surface area (Å²) < 4.78 is 5.60. The molecular weight excluding hydrogens is 386 g/mol. The van der Waals surface area contributed by atoms with Crippen molar-refractivity contribution in [3.8, 4) is 5.75 Å². The van der Waals surface area contributed by atoms with Gasteiger partial charge in [0, 0.05) is 23.6 Å². The summed E-state index contributed by atoms with van der Waals surface area (Å²) in [5.74, 6) is 1.20. The fraction of sp³-hybridized carbons (Fsp3) is 0.435. The summed E-state index contributed by atoms with van der Waals surface area (Å²) in [5, 5.41) is 3.80. The number of piperazine rings is 1. The highest BCUT2D eigenvalue weighted by Gasteiger charge is 2.25. The first kappa shape index (κ1) is 20.2. The summed E-state index contributed by atoms with van der Waals surface area (Å²) in [6.07, 6.45) is 1.87. The average Bonchev–Trinajstić information content (AvgIpc) is 3.19. The van der Waals surface area contributed by atoms with E-state index in [0.29, 0.717) is 13.1 Å². The molecule has 6 heteroatoms. The molecule has 0 aliphatic carbocycles. The summed E-state index contributed by atoms with van der Waals surface area (Å²) in [7, 11) is 0. The van der Waals surface area contributed by atoms with E-state index in [1.807, 2.05) is 24.3 Å². The quantitative estimate of drug-likeness (QED) is 0.592. The van der Waals surface area contributed by atoms with Crippen molar-refractivity contribution in [2.75, 3.05) is 45.9 Å².